The molecule has 0 amide bonds. The largest absolute Gasteiger partial charge is 0.314 e. The van der Waals surface area contributed by atoms with Crippen LogP contribution in [0.15, 0.2) is 12.3 Å². The molecule has 18 heavy (non-hydrogen) atoms. The normalized spacial score (nSPS) is 16.5. The van der Waals surface area contributed by atoms with Crippen LogP contribution in [0.5, 0.6) is 0 Å². The molecule has 0 aliphatic carbocycles. The average molecular weight is 251 g/mol. The second-order valence-electron chi connectivity index (χ2n) is 5.26. The molecule has 3 atom stereocenters. The Balaban J connectivity index is 2.61. The summed E-state index contributed by atoms with van der Waals surface area (Å²) < 4.78 is 2.10. The minimum atomic E-state index is 0.505. The van der Waals surface area contributed by atoms with Crippen LogP contribution in [0.1, 0.15) is 59.2 Å². The summed E-state index contributed by atoms with van der Waals surface area (Å²) in [5.41, 5.74) is 1.23. The SMILES string of the molecule is CCNC(C)C(CC)Cc1ccn(C(C)CC)n1. The van der Waals surface area contributed by atoms with E-state index in [2.05, 4.69) is 56.9 Å². The second kappa shape index (κ2) is 7.57. The molecule has 0 spiro atoms. The van der Waals surface area contributed by atoms with Gasteiger partial charge in [-0.2, -0.15) is 5.10 Å². The summed E-state index contributed by atoms with van der Waals surface area (Å²) in [6.45, 7) is 12.2. The number of hydrogen-bond donors (Lipinski definition) is 1. The third-order valence-corrected chi connectivity index (χ3v) is 3.93. The van der Waals surface area contributed by atoms with Crippen molar-refractivity contribution in [2.75, 3.05) is 6.54 Å². The van der Waals surface area contributed by atoms with Crippen molar-refractivity contribution in [1.82, 2.24) is 15.1 Å². The Bertz CT molecular complexity index is 332. The minimum absolute atomic E-state index is 0.505. The van der Waals surface area contributed by atoms with Crippen molar-refractivity contribution in [2.45, 2.75) is 66.0 Å². The van der Waals surface area contributed by atoms with Gasteiger partial charge in [-0.15, -0.1) is 0 Å². The molecule has 1 rings (SSSR count). The summed E-state index contributed by atoms with van der Waals surface area (Å²) in [5.74, 6) is 0.672. The molecular weight excluding hydrogens is 222 g/mol. The van der Waals surface area contributed by atoms with Crippen LogP contribution < -0.4 is 5.32 Å². The lowest BCUT2D eigenvalue weighted by Crippen LogP contribution is -2.34. The molecule has 0 aliphatic heterocycles. The Kier molecular flexibility index (Phi) is 6.41. The highest BCUT2D eigenvalue weighted by Gasteiger charge is 2.16. The maximum atomic E-state index is 4.70. The van der Waals surface area contributed by atoms with Crippen LogP contribution in [0.2, 0.25) is 0 Å². The second-order valence-corrected chi connectivity index (χ2v) is 5.26. The van der Waals surface area contributed by atoms with Gasteiger partial charge in [0.25, 0.3) is 0 Å². The monoisotopic (exact) mass is 251 g/mol. The molecule has 1 heterocycles. The molecule has 0 aliphatic rings. The molecule has 1 aromatic rings. The van der Waals surface area contributed by atoms with E-state index in [9.17, 15) is 0 Å². The van der Waals surface area contributed by atoms with Gasteiger partial charge in [0.1, 0.15) is 0 Å². The van der Waals surface area contributed by atoms with Crippen molar-refractivity contribution < 1.29 is 0 Å². The van der Waals surface area contributed by atoms with Gasteiger partial charge in [0.05, 0.1) is 5.69 Å². The molecule has 3 unspecified atom stereocenters. The van der Waals surface area contributed by atoms with Crippen LogP contribution in [0.25, 0.3) is 0 Å². The third kappa shape index (κ3) is 4.13. The third-order valence-electron chi connectivity index (χ3n) is 3.93. The van der Waals surface area contributed by atoms with Crippen molar-refractivity contribution in [3.63, 3.8) is 0 Å². The molecule has 0 radical (unpaired) electrons. The highest BCUT2D eigenvalue weighted by molar-refractivity contribution is 5.02. The van der Waals surface area contributed by atoms with Gasteiger partial charge in [-0.3, -0.25) is 4.68 Å². The molecule has 0 saturated carbocycles. The highest BCUT2D eigenvalue weighted by Crippen LogP contribution is 2.16. The fraction of sp³-hybridized carbons (Fsp3) is 0.800. The molecule has 0 saturated heterocycles. The van der Waals surface area contributed by atoms with Crippen LogP contribution in [0, 0.1) is 5.92 Å². The quantitative estimate of drug-likeness (QED) is 0.767. The summed E-state index contributed by atoms with van der Waals surface area (Å²) in [4.78, 5) is 0. The molecule has 1 N–H and O–H groups in total. The Morgan fingerprint density at radius 3 is 2.50 bits per heavy atom. The topological polar surface area (TPSA) is 29.9 Å². The summed E-state index contributed by atoms with van der Waals surface area (Å²) in [5, 5.41) is 8.22. The van der Waals surface area contributed by atoms with Crippen LogP contribution in [-0.4, -0.2) is 22.4 Å². The van der Waals surface area contributed by atoms with Crippen molar-refractivity contribution in [2.24, 2.45) is 5.92 Å². The van der Waals surface area contributed by atoms with Gasteiger partial charge in [0.15, 0.2) is 0 Å². The minimum Gasteiger partial charge on any atom is -0.314 e. The summed E-state index contributed by atoms with van der Waals surface area (Å²) in [6, 6.07) is 3.24. The van der Waals surface area contributed by atoms with E-state index >= 15 is 0 Å². The number of nitrogens with zero attached hydrogens (tertiary/aromatic N) is 2. The molecular formula is C15H29N3. The first-order valence-electron chi connectivity index (χ1n) is 7.39. The van der Waals surface area contributed by atoms with Gasteiger partial charge in [-0.1, -0.05) is 27.2 Å². The molecule has 0 aromatic carbocycles. The summed E-state index contributed by atoms with van der Waals surface area (Å²) in [6.07, 6.45) is 5.53. The van der Waals surface area contributed by atoms with E-state index in [0.717, 1.165) is 19.4 Å². The van der Waals surface area contributed by atoms with Gasteiger partial charge in [-0.25, -0.2) is 0 Å². The van der Waals surface area contributed by atoms with Gasteiger partial charge in [0, 0.05) is 18.3 Å². The van der Waals surface area contributed by atoms with Crippen LogP contribution in [0.3, 0.4) is 0 Å². The van der Waals surface area contributed by atoms with Gasteiger partial charge >= 0.3 is 0 Å². The van der Waals surface area contributed by atoms with Crippen LogP contribution >= 0.6 is 0 Å². The van der Waals surface area contributed by atoms with Crippen LogP contribution in [-0.2, 0) is 6.42 Å². The molecule has 1 aromatic heterocycles. The zero-order valence-electron chi connectivity index (χ0n) is 12.6. The lowest BCUT2D eigenvalue weighted by atomic mass is 9.93. The first-order chi connectivity index (χ1) is 8.62. The van der Waals surface area contributed by atoms with Crippen molar-refractivity contribution in [3.8, 4) is 0 Å². The lowest BCUT2D eigenvalue weighted by Gasteiger charge is -2.22. The van der Waals surface area contributed by atoms with E-state index in [0.29, 0.717) is 18.0 Å². The smallest absolute Gasteiger partial charge is 0.0628 e. The predicted molar refractivity (Wildman–Crippen MR) is 77.9 cm³/mol. The van der Waals surface area contributed by atoms with E-state index in [1.54, 1.807) is 0 Å². The molecule has 104 valence electrons. The maximum absolute atomic E-state index is 4.70. The van der Waals surface area contributed by atoms with Gasteiger partial charge in [-0.05, 0) is 45.2 Å². The number of aromatic nitrogens is 2. The van der Waals surface area contributed by atoms with Crippen molar-refractivity contribution >= 4 is 0 Å². The number of rotatable bonds is 8. The Morgan fingerprint density at radius 1 is 1.22 bits per heavy atom. The van der Waals surface area contributed by atoms with Crippen molar-refractivity contribution in [3.05, 3.63) is 18.0 Å². The van der Waals surface area contributed by atoms with E-state index in [1.807, 2.05) is 0 Å². The summed E-state index contributed by atoms with van der Waals surface area (Å²) in [7, 11) is 0. The predicted octanol–water partition coefficient (Wildman–Crippen LogP) is 3.42. The Hall–Kier alpha value is -0.830. The van der Waals surface area contributed by atoms with Crippen molar-refractivity contribution in [1.29, 1.82) is 0 Å². The molecule has 0 bridgehead atoms. The lowest BCUT2D eigenvalue weighted by molar-refractivity contribution is 0.362. The fourth-order valence-corrected chi connectivity index (χ4v) is 2.35. The average Bonchev–Trinajstić information content (AvgIpc) is 2.83. The number of hydrogen-bond acceptors (Lipinski definition) is 2. The maximum Gasteiger partial charge on any atom is 0.0628 e. The zero-order valence-corrected chi connectivity index (χ0v) is 12.6. The van der Waals surface area contributed by atoms with Crippen LogP contribution in [0.4, 0.5) is 0 Å². The molecule has 0 fully saturated rings. The molecule has 3 heteroatoms. The van der Waals surface area contributed by atoms with E-state index in [-0.39, 0.29) is 0 Å². The standard InChI is InChI=1S/C15H29N3/c1-6-12(4)18-10-9-15(17-18)11-14(7-2)13(5)16-8-3/h9-10,12-14,16H,6-8,11H2,1-5H3. The van der Waals surface area contributed by atoms with Gasteiger partial charge < -0.3 is 5.32 Å². The first-order valence-corrected chi connectivity index (χ1v) is 7.39. The Labute approximate surface area is 112 Å². The first kappa shape index (κ1) is 15.2. The summed E-state index contributed by atoms with van der Waals surface area (Å²) >= 11 is 0. The number of nitrogens with one attached hydrogen (secondary N) is 1. The molecule has 3 nitrogen and oxygen atoms in total. The van der Waals surface area contributed by atoms with E-state index in [1.165, 1.54) is 12.1 Å². The zero-order chi connectivity index (χ0) is 13.5. The fourth-order valence-electron chi connectivity index (χ4n) is 2.35. The highest BCUT2D eigenvalue weighted by atomic mass is 15.3. The van der Waals surface area contributed by atoms with E-state index in [4.69, 9.17) is 5.10 Å². The van der Waals surface area contributed by atoms with E-state index < -0.39 is 0 Å². The van der Waals surface area contributed by atoms with Gasteiger partial charge in [0.2, 0.25) is 0 Å². The Morgan fingerprint density at radius 2 is 1.94 bits per heavy atom.